The second-order valence-corrected chi connectivity index (χ2v) is 9.29. The molecule has 0 amide bonds. The molecule has 1 atom stereocenters. The van der Waals surface area contributed by atoms with Gasteiger partial charge in [0.25, 0.3) is 0 Å². The first-order chi connectivity index (χ1) is 19.2. The molecule has 200 valence electrons. The molecule has 5 aromatic rings. The van der Waals surface area contributed by atoms with Gasteiger partial charge in [0.2, 0.25) is 5.88 Å². The molecular formula is C29H20ClN3O7. The largest absolute Gasteiger partial charge is 0.480 e. The molecule has 0 spiro atoms. The zero-order valence-corrected chi connectivity index (χ0v) is 21.3. The molecule has 0 bridgehead atoms. The van der Waals surface area contributed by atoms with Crippen LogP contribution < -0.4 is 10.1 Å². The first-order valence-electron chi connectivity index (χ1n) is 11.9. The molecule has 1 unspecified atom stereocenters. The monoisotopic (exact) mass is 557 g/mol. The Labute approximate surface area is 231 Å². The lowest BCUT2D eigenvalue weighted by Crippen LogP contribution is -2.32. The third-order valence-corrected chi connectivity index (χ3v) is 6.35. The summed E-state index contributed by atoms with van der Waals surface area (Å²) in [4.78, 5) is 44.4. The highest BCUT2D eigenvalue weighted by molar-refractivity contribution is 6.31. The predicted molar refractivity (Wildman–Crippen MR) is 148 cm³/mol. The minimum atomic E-state index is -1.27. The van der Waals surface area contributed by atoms with Gasteiger partial charge < -0.3 is 25.4 Å². The summed E-state index contributed by atoms with van der Waals surface area (Å²) < 4.78 is 5.76. The van der Waals surface area contributed by atoms with Crippen molar-refractivity contribution in [3.8, 4) is 11.6 Å². The summed E-state index contributed by atoms with van der Waals surface area (Å²) in [5.74, 6) is -3.53. The fraction of sp³-hybridized carbons (Fsp3) is 0.0690. The SMILES string of the molecule is O=C(O)c1cc2cc(Cl)ccc2nc1NC(Cc1ccc(Oc2nc3ccccc3cc2C(=O)O)cc1)C(=O)O. The summed E-state index contributed by atoms with van der Waals surface area (Å²) in [5.41, 5.74) is 1.33. The average molecular weight is 558 g/mol. The van der Waals surface area contributed by atoms with E-state index in [9.17, 15) is 29.7 Å². The zero-order valence-electron chi connectivity index (χ0n) is 20.5. The molecule has 0 aliphatic rings. The van der Waals surface area contributed by atoms with Crippen LogP contribution in [0.25, 0.3) is 21.8 Å². The van der Waals surface area contributed by atoms with Crippen LogP contribution in [0.2, 0.25) is 5.02 Å². The first kappa shape index (κ1) is 26.4. The van der Waals surface area contributed by atoms with Gasteiger partial charge >= 0.3 is 17.9 Å². The number of carboxylic acid groups (broad SMARTS) is 3. The molecule has 2 aromatic heterocycles. The van der Waals surface area contributed by atoms with E-state index in [1.807, 2.05) is 0 Å². The summed E-state index contributed by atoms with van der Waals surface area (Å²) in [6.07, 6.45) is -0.0103. The van der Waals surface area contributed by atoms with Crippen LogP contribution in [-0.4, -0.2) is 49.2 Å². The summed E-state index contributed by atoms with van der Waals surface area (Å²) in [5, 5.41) is 33.5. The molecule has 0 fully saturated rings. The van der Waals surface area contributed by atoms with Crippen molar-refractivity contribution in [2.45, 2.75) is 12.5 Å². The maximum absolute atomic E-state index is 12.1. The van der Waals surface area contributed by atoms with E-state index in [-0.39, 0.29) is 29.2 Å². The highest BCUT2D eigenvalue weighted by Crippen LogP contribution is 2.28. The second-order valence-electron chi connectivity index (χ2n) is 8.85. The van der Waals surface area contributed by atoms with Crippen molar-refractivity contribution in [2.75, 3.05) is 5.32 Å². The Bertz CT molecular complexity index is 1790. The van der Waals surface area contributed by atoms with E-state index in [4.69, 9.17) is 16.3 Å². The second kappa shape index (κ2) is 10.9. The number of aromatic carboxylic acids is 2. The molecule has 40 heavy (non-hydrogen) atoms. The Hall–Kier alpha value is -5.22. The van der Waals surface area contributed by atoms with Gasteiger partial charge in [-0.15, -0.1) is 0 Å². The number of hydrogen-bond acceptors (Lipinski definition) is 7. The summed E-state index contributed by atoms with van der Waals surface area (Å²) >= 11 is 6.00. The topological polar surface area (TPSA) is 159 Å². The molecule has 0 aliphatic heterocycles. The number of rotatable bonds is 9. The number of fused-ring (bicyclic) bond motifs is 2. The van der Waals surface area contributed by atoms with Crippen LogP contribution in [0.4, 0.5) is 5.82 Å². The third kappa shape index (κ3) is 5.62. The van der Waals surface area contributed by atoms with Crippen LogP contribution in [0.1, 0.15) is 26.3 Å². The lowest BCUT2D eigenvalue weighted by Gasteiger charge is -2.17. The summed E-state index contributed by atoms with van der Waals surface area (Å²) in [6.45, 7) is 0. The van der Waals surface area contributed by atoms with Crippen LogP contribution in [0, 0.1) is 0 Å². The number of nitrogens with one attached hydrogen (secondary N) is 1. The Morgan fingerprint density at radius 2 is 1.48 bits per heavy atom. The first-order valence-corrected chi connectivity index (χ1v) is 12.3. The van der Waals surface area contributed by atoms with Gasteiger partial charge in [0.15, 0.2) is 0 Å². The maximum atomic E-state index is 12.1. The molecule has 0 radical (unpaired) electrons. The lowest BCUT2D eigenvalue weighted by molar-refractivity contribution is -0.137. The van der Waals surface area contributed by atoms with Gasteiger partial charge in [0.1, 0.15) is 28.7 Å². The molecule has 0 aliphatic carbocycles. The van der Waals surface area contributed by atoms with Crippen molar-refractivity contribution in [3.05, 3.63) is 101 Å². The lowest BCUT2D eigenvalue weighted by atomic mass is 10.0. The minimum Gasteiger partial charge on any atom is -0.480 e. The van der Waals surface area contributed by atoms with E-state index in [0.717, 1.165) is 0 Å². The van der Waals surface area contributed by atoms with Gasteiger partial charge in [0.05, 0.1) is 11.0 Å². The number of ether oxygens (including phenoxy) is 1. The number of para-hydroxylation sites is 1. The molecule has 11 heteroatoms. The van der Waals surface area contributed by atoms with E-state index in [2.05, 4.69) is 15.3 Å². The van der Waals surface area contributed by atoms with Gasteiger partial charge in [-0.2, -0.15) is 0 Å². The van der Waals surface area contributed by atoms with Crippen LogP contribution in [0.3, 0.4) is 0 Å². The van der Waals surface area contributed by atoms with Gasteiger partial charge in [-0.25, -0.2) is 24.4 Å². The van der Waals surface area contributed by atoms with E-state index in [1.165, 1.54) is 12.1 Å². The molecule has 5 rings (SSSR count). The van der Waals surface area contributed by atoms with Crippen molar-refractivity contribution >= 4 is 57.1 Å². The number of pyridine rings is 2. The van der Waals surface area contributed by atoms with Crippen molar-refractivity contribution in [1.29, 1.82) is 0 Å². The molecule has 3 aromatic carbocycles. The van der Waals surface area contributed by atoms with Gasteiger partial charge in [-0.3, -0.25) is 0 Å². The molecular weight excluding hydrogens is 538 g/mol. The smallest absolute Gasteiger partial charge is 0.341 e. The number of nitrogens with zero attached hydrogens (tertiary/aromatic N) is 2. The predicted octanol–water partition coefficient (Wildman–Crippen LogP) is 5.73. The number of anilines is 1. The summed E-state index contributed by atoms with van der Waals surface area (Å²) in [6, 6.07) is 19.9. The van der Waals surface area contributed by atoms with Crippen LogP contribution in [-0.2, 0) is 11.2 Å². The number of hydrogen-bond donors (Lipinski definition) is 4. The summed E-state index contributed by atoms with van der Waals surface area (Å²) in [7, 11) is 0. The zero-order chi connectivity index (χ0) is 28.4. The molecule has 0 saturated carbocycles. The Kier molecular flexibility index (Phi) is 7.17. The third-order valence-electron chi connectivity index (χ3n) is 6.11. The molecule has 10 nitrogen and oxygen atoms in total. The Balaban J connectivity index is 1.37. The number of benzene rings is 3. The minimum absolute atomic E-state index is 0.0103. The fourth-order valence-electron chi connectivity index (χ4n) is 4.16. The fourth-order valence-corrected chi connectivity index (χ4v) is 4.34. The van der Waals surface area contributed by atoms with Crippen LogP contribution >= 0.6 is 11.6 Å². The highest BCUT2D eigenvalue weighted by Gasteiger charge is 2.23. The highest BCUT2D eigenvalue weighted by atomic mass is 35.5. The maximum Gasteiger partial charge on any atom is 0.341 e. The molecule has 0 saturated heterocycles. The normalized spacial score (nSPS) is 11.7. The van der Waals surface area contributed by atoms with Crippen LogP contribution in [0.5, 0.6) is 11.6 Å². The van der Waals surface area contributed by atoms with Crippen LogP contribution in [0.15, 0.2) is 78.9 Å². The van der Waals surface area contributed by atoms with Gasteiger partial charge in [0, 0.05) is 22.2 Å². The van der Waals surface area contributed by atoms with E-state index >= 15 is 0 Å². The van der Waals surface area contributed by atoms with Gasteiger partial charge in [-0.1, -0.05) is 41.9 Å². The average Bonchev–Trinajstić information content (AvgIpc) is 2.92. The number of halogens is 1. The van der Waals surface area contributed by atoms with E-state index < -0.39 is 23.9 Å². The number of aliphatic carboxylic acids is 1. The number of carbonyl (C=O) groups is 3. The quantitative estimate of drug-likeness (QED) is 0.176. The Morgan fingerprint density at radius 1 is 0.800 bits per heavy atom. The molecule has 4 N–H and O–H groups in total. The van der Waals surface area contributed by atoms with Gasteiger partial charge in [-0.05, 0) is 54.1 Å². The molecule has 2 heterocycles. The standard InChI is InChI=1S/C29H20ClN3O7/c30-18-7-10-23-17(12-18)14-20(27(34)35)25(31-23)32-24(29(38)39)11-15-5-8-19(9-6-15)40-26-21(28(36)37)13-16-3-1-2-4-22(16)33-26/h1-10,12-14,24H,11H2,(H,31,32)(H,34,35)(H,36,37)(H,38,39). The van der Waals surface area contributed by atoms with Crippen molar-refractivity contribution in [1.82, 2.24) is 9.97 Å². The number of carboxylic acids is 3. The Morgan fingerprint density at radius 3 is 2.17 bits per heavy atom. The van der Waals surface area contributed by atoms with E-state index in [1.54, 1.807) is 66.7 Å². The number of aromatic nitrogens is 2. The van der Waals surface area contributed by atoms with E-state index in [0.29, 0.717) is 38.1 Å². The van der Waals surface area contributed by atoms with Crippen molar-refractivity contribution in [2.24, 2.45) is 0 Å². The van der Waals surface area contributed by atoms with Crippen molar-refractivity contribution < 1.29 is 34.4 Å². The van der Waals surface area contributed by atoms with Crippen molar-refractivity contribution in [3.63, 3.8) is 0 Å².